The van der Waals surface area contributed by atoms with Crippen LogP contribution in [0.1, 0.15) is 31.7 Å². The molecule has 1 heterocycles. The summed E-state index contributed by atoms with van der Waals surface area (Å²) >= 11 is 0. The minimum atomic E-state index is -0.766. The Morgan fingerprint density at radius 3 is 2.81 bits per heavy atom. The van der Waals surface area contributed by atoms with Crippen LogP contribution in [-0.4, -0.2) is 17.5 Å². The zero-order valence-electron chi connectivity index (χ0n) is 9.55. The van der Waals surface area contributed by atoms with E-state index in [1.165, 1.54) is 25.0 Å². The molecule has 1 atom stereocenters. The van der Waals surface area contributed by atoms with Gasteiger partial charge >= 0.3 is 0 Å². The first kappa shape index (κ1) is 11.5. The number of benzene rings is 1. The molecule has 1 saturated heterocycles. The van der Waals surface area contributed by atoms with Crippen molar-refractivity contribution in [1.82, 2.24) is 4.90 Å². The van der Waals surface area contributed by atoms with Gasteiger partial charge in [-0.3, -0.25) is 4.90 Å². The van der Waals surface area contributed by atoms with Crippen LogP contribution in [0.15, 0.2) is 18.2 Å². The molecule has 0 radical (unpaired) electrons. The maximum Gasteiger partial charge on any atom is 0.159 e. The standard InChI is InChI=1S/C13H17F2N/c1-2-11-4-3-7-16(11)9-10-5-6-12(14)13(15)8-10/h5-6,8,11H,2-4,7,9H2,1H3. The lowest BCUT2D eigenvalue weighted by Crippen LogP contribution is -2.28. The Hall–Kier alpha value is -0.960. The van der Waals surface area contributed by atoms with Crippen LogP contribution >= 0.6 is 0 Å². The Morgan fingerprint density at radius 1 is 1.31 bits per heavy atom. The summed E-state index contributed by atoms with van der Waals surface area (Å²) in [5.41, 5.74) is 0.860. The highest BCUT2D eigenvalue weighted by Crippen LogP contribution is 2.22. The number of hydrogen-bond acceptors (Lipinski definition) is 1. The summed E-state index contributed by atoms with van der Waals surface area (Å²) in [7, 11) is 0. The zero-order chi connectivity index (χ0) is 11.5. The number of rotatable bonds is 3. The van der Waals surface area contributed by atoms with Gasteiger partial charge in [0.25, 0.3) is 0 Å². The van der Waals surface area contributed by atoms with Gasteiger partial charge in [-0.1, -0.05) is 13.0 Å². The second-order valence-electron chi connectivity index (χ2n) is 4.42. The average Bonchev–Trinajstić information content (AvgIpc) is 2.71. The third-order valence-electron chi connectivity index (χ3n) is 3.34. The summed E-state index contributed by atoms with van der Waals surface area (Å²) in [5.74, 6) is -1.51. The summed E-state index contributed by atoms with van der Waals surface area (Å²) in [6.45, 7) is 3.97. The second-order valence-corrected chi connectivity index (χ2v) is 4.42. The number of halogens is 2. The Labute approximate surface area is 95.1 Å². The summed E-state index contributed by atoms with van der Waals surface area (Å²) in [6.07, 6.45) is 3.56. The molecule has 0 aromatic heterocycles. The van der Waals surface area contributed by atoms with E-state index in [9.17, 15) is 8.78 Å². The Bertz CT molecular complexity index is 365. The molecule has 1 aromatic rings. The molecule has 88 valence electrons. The molecule has 0 bridgehead atoms. The largest absolute Gasteiger partial charge is 0.296 e. The van der Waals surface area contributed by atoms with Crippen molar-refractivity contribution >= 4 is 0 Å². The summed E-state index contributed by atoms with van der Waals surface area (Å²) in [4.78, 5) is 2.35. The highest BCUT2D eigenvalue weighted by molar-refractivity contribution is 5.17. The third kappa shape index (κ3) is 2.40. The first-order chi connectivity index (χ1) is 7.70. The molecule has 16 heavy (non-hydrogen) atoms. The lowest BCUT2D eigenvalue weighted by molar-refractivity contribution is 0.239. The van der Waals surface area contributed by atoms with E-state index < -0.39 is 11.6 Å². The molecule has 1 nitrogen and oxygen atoms in total. The van der Waals surface area contributed by atoms with E-state index >= 15 is 0 Å². The van der Waals surface area contributed by atoms with Crippen molar-refractivity contribution in [2.45, 2.75) is 38.8 Å². The molecular weight excluding hydrogens is 208 g/mol. The van der Waals surface area contributed by atoms with Crippen LogP contribution < -0.4 is 0 Å². The third-order valence-corrected chi connectivity index (χ3v) is 3.34. The van der Waals surface area contributed by atoms with E-state index in [1.54, 1.807) is 6.07 Å². The van der Waals surface area contributed by atoms with Gasteiger partial charge in [-0.25, -0.2) is 8.78 Å². The molecule has 3 heteroatoms. The van der Waals surface area contributed by atoms with Gasteiger partial charge in [-0.2, -0.15) is 0 Å². The van der Waals surface area contributed by atoms with Gasteiger partial charge in [0.15, 0.2) is 11.6 Å². The van der Waals surface area contributed by atoms with Gasteiger partial charge in [0, 0.05) is 12.6 Å². The molecule has 0 amide bonds. The normalized spacial score (nSPS) is 21.6. The van der Waals surface area contributed by atoms with Gasteiger partial charge in [-0.05, 0) is 43.5 Å². The van der Waals surface area contributed by atoms with Gasteiger partial charge in [-0.15, -0.1) is 0 Å². The van der Waals surface area contributed by atoms with Crippen molar-refractivity contribution in [2.24, 2.45) is 0 Å². The molecule has 0 aliphatic carbocycles. The maximum atomic E-state index is 13.0. The predicted molar refractivity (Wildman–Crippen MR) is 60.1 cm³/mol. The molecule has 1 fully saturated rings. The van der Waals surface area contributed by atoms with Crippen LogP contribution in [-0.2, 0) is 6.54 Å². The highest BCUT2D eigenvalue weighted by atomic mass is 19.2. The smallest absolute Gasteiger partial charge is 0.159 e. The van der Waals surface area contributed by atoms with E-state index in [2.05, 4.69) is 11.8 Å². The fraction of sp³-hybridized carbons (Fsp3) is 0.538. The van der Waals surface area contributed by atoms with Crippen LogP contribution in [0, 0.1) is 11.6 Å². The van der Waals surface area contributed by atoms with E-state index in [0.717, 1.165) is 25.1 Å². The molecule has 0 N–H and O–H groups in total. The molecule has 0 spiro atoms. The van der Waals surface area contributed by atoms with E-state index in [0.29, 0.717) is 6.04 Å². The molecular formula is C13H17F2N. The topological polar surface area (TPSA) is 3.24 Å². The first-order valence-electron chi connectivity index (χ1n) is 5.88. The SMILES string of the molecule is CCC1CCCN1Cc1ccc(F)c(F)c1. The lowest BCUT2D eigenvalue weighted by atomic mass is 10.1. The van der Waals surface area contributed by atoms with Crippen molar-refractivity contribution in [3.05, 3.63) is 35.4 Å². The van der Waals surface area contributed by atoms with Crippen molar-refractivity contribution in [1.29, 1.82) is 0 Å². The number of hydrogen-bond donors (Lipinski definition) is 0. The Morgan fingerprint density at radius 2 is 2.12 bits per heavy atom. The van der Waals surface area contributed by atoms with Gasteiger partial charge in [0.2, 0.25) is 0 Å². The molecule has 0 saturated carbocycles. The van der Waals surface area contributed by atoms with Crippen molar-refractivity contribution < 1.29 is 8.78 Å². The van der Waals surface area contributed by atoms with Crippen LogP contribution in [0.4, 0.5) is 8.78 Å². The second kappa shape index (κ2) is 4.91. The van der Waals surface area contributed by atoms with Crippen molar-refractivity contribution in [2.75, 3.05) is 6.54 Å². The Kier molecular flexibility index (Phi) is 3.54. The zero-order valence-corrected chi connectivity index (χ0v) is 9.55. The minimum absolute atomic E-state index is 0.605. The van der Waals surface area contributed by atoms with E-state index in [-0.39, 0.29) is 0 Å². The van der Waals surface area contributed by atoms with Crippen molar-refractivity contribution in [3.63, 3.8) is 0 Å². The first-order valence-corrected chi connectivity index (χ1v) is 5.88. The summed E-state index contributed by atoms with van der Waals surface area (Å²) in [5, 5.41) is 0. The minimum Gasteiger partial charge on any atom is -0.296 e. The van der Waals surface area contributed by atoms with Crippen LogP contribution in [0.25, 0.3) is 0 Å². The van der Waals surface area contributed by atoms with Crippen LogP contribution in [0.5, 0.6) is 0 Å². The van der Waals surface area contributed by atoms with E-state index in [1.807, 2.05) is 0 Å². The monoisotopic (exact) mass is 225 g/mol. The molecule has 1 aliphatic heterocycles. The lowest BCUT2D eigenvalue weighted by Gasteiger charge is -2.23. The molecule has 1 aromatic carbocycles. The summed E-state index contributed by atoms with van der Waals surface area (Å²) < 4.78 is 25.8. The van der Waals surface area contributed by atoms with Crippen LogP contribution in [0.3, 0.4) is 0 Å². The molecule has 2 rings (SSSR count). The van der Waals surface area contributed by atoms with Crippen LogP contribution in [0.2, 0.25) is 0 Å². The average molecular weight is 225 g/mol. The predicted octanol–water partition coefficient (Wildman–Crippen LogP) is 3.34. The number of likely N-dealkylation sites (tertiary alicyclic amines) is 1. The molecule has 1 unspecified atom stereocenters. The van der Waals surface area contributed by atoms with Gasteiger partial charge < -0.3 is 0 Å². The Balaban J connectivity index is 2.05. The van der Waals surface area contributed by atoms with Gasteiger partial charge in [0.05, 0.1) is 0 Å². The quantitative estimate of drug-likeness (QED) is 0.762. The summed E-state index contributed by atoms with van der Waals surface area (Å²) in [6, 6.07) is 4.79. The van der Waals surface area contributed by atoms with E-state index in [4.69, 9.17) is 0 Å². The van der Waals surface area contributed by atoms with Gasteiger partial charge in [0.1, 0.15) is 0 Å². The van der Waals surface area contributed by atoms with Crippen molar-refractivity contribution in [3.8, 4) is 0 Å². The highest BCUT2D eigenvalue weighted by Gasteiger charge is 2.22. The maximum absolute atomic E-state index is 13.0. The fourth-order valence-corrected chi connectivity index (χ4v) is 2.44. The fourth-order valence-electron chi connectivity index (χ4n) is 2.44. The number of nitrogens with zero attached hydrogens (tertiary/aromatic N) is 1. The molecule has 1 aliphatic rings.